The second kappa shape index (κ2) is 12.8. The van der Waals surface area contributed by atoms with E-state index in [1.54, 1.807) is 7.05 Å². The fourth-order valence-electron chi connectivity index (χ4n) is 5.04. The van der Waals surface area contributed by atoms with Crippen molar-refractivity contribution in [1.29, 1.82) is 0 Å². The van der Waals surface area contributed by atoms with Crippen molar-refractivity contribution in [2.75, 3.05) is 39.2 Å². The number of hydrogen-bond acceptors (Lipinski definition) is 11. The van der Waals surface area contributed by atoms with Gasteiger partial charge < -0.3 is 34.8 Å². The molecular weight excluding hydrogens is 500 g/mol. The zero-order valence-corrected chi connectivity index (χ0v) is 23.6. The largest absolute Gasteiger partial charge is 0.491 e. The summed E-state index contributed by atoms with van der Waals surface area (Å²) in [6.07, 6.45) is 0.115. The number of anilines is 1. The molecule has 0 spiro atoms. The van der Waals surface area contributed by atoms with Crippen LogP contribution in [0, 0.1) is 20.8 Å². The lowest BCUT2D eigenvalue weighted by molar-refractivity contribution is -0.194. The Morgan fingerprint density at radius 1 is 1.21 bits per heavy atom. The second-order valence-electron chi connectivity index (χ2n) is 10.1. The smallest absolute Gasteiger partial charge is 0.216 e. The average molecular weight is 541 g/mol. The number of benzene rings is 1. The van der Waals surface area contributed by atoms with Gasteiger partial charge in [-0.1, -0.05) is 17.3 Å². The molecular formula is C28H40N6O5. The maximum absolute atomic E-state index is 10.2. The molecule has 4 unspecified atom stereocenters. The topological polar surface area (TPSA) is 138 Å². The minimum atomic E-state index is -0.909. The quantitative estimate of drug-likeness (QED) is 0.267. The maximum atomic E-state index is 10.2. The first-order valence-corrected chi connectivity index (χ1v) is 13.3. The monoisotopic (exact) mass is 540 g/mol. The van der Waals surface area contributed by atoms with Gasteiger partial charge in [-0.25, -0.2) is 9.97 Å². The number of piperidine rings is 1. The Morgan fingerprint density at radius 3 is 2.67 bits per heavy atom. The summed E-state index contributed by atoms with van der Waals surface area (Å²) in [5, 5.41) is 30.9. The van der Waals surface area contributed by atoms with Crippen molar-refractivity contribution in [3.05, 3.63) is 41.3 Å². The van der Waals surface area contributed by atoms with E-state index in [2.05, 4.69) is 22.7 Å². The molecule has 0 amide bonds. The molecule has 39 heavy (non-hydrogen) atoms. The highest BCUT2D eigenvalue weighted by Gasteiger charge is 2.30. The summed E-state index contributed by atoms with van der Waals surface area (Å²) in [5.41, 5.74) is 4.07. The van der Waals surface area contributed by atoms with Crippen LogP contribution < -0.4 is 15.4 Å². The van der Waals surface area contributed by atoms with Gasteiger partial charge in [0, 0.05) is 43.4 Å². The molecule has 0 saturated carbocycles. The van der Waals surface area contributed by atoms with Gasteiger partial charge in [-0.15, -0.1) is 0 Å². The summed E-state index contributed by atoms with van der Waals surface area (Å²) in [6.45, 7) is 9.19. The van der Waals surface area contributed by atoms with Crippen molar-refractivity contribution in [2.45, 2.75) is 65.1 Å². The molecule has 1 aliphatic rings. The van der Waals surface area contributed by atoms with E-state index < -0.39 is 12.5 Å². The molecule has 0 bridgehead atoms. The van der Waals surface area contributed by atoms with Gasteiger partial charge in [-0.05, 0) is 59.7 Å². The number of nitrogens with one attached hydrogen (secondary N) is 2. The average Bonchev–Trinajstić information content (AvgIpc) is 3.26. The molecule has 2 aromatic heterocycles. The van der Waals surface area contributed by atoms with Gasteiger partial charge in [0.2, 0.25) is 6.41 Å². The molecule has 0 radical (unpaired) electrons. The fourth-order valence-corrected chi connectivity index (χ4v) is 5.04. The summed E-state index contributed by atoms with van der Waals surface area (Å²) < 4.78 is 16.4. The zero-order valence-electron chi connectivity index (χ0n) is 23.6. The van der Waals surface area contributed by atoms with Crippen molar-refractivity contribution >= 4 is 5.82 Å². The Hall–Kier alpha value is -3.09. The van der Waals surface area contributed by atoms with Crippen LogP contribution in [0.4, 0.5) is 5.82 Å². The standard InChI is InChI=1S/C28H40N6O5/c1-16-12-21(10-11-34(16)28(36)37-6)30-26-17(2)25(24-18(3)33-39-19(24)4)31-27(32-26)20-8-7-9-23(13-20)38-15-22(35)14-29-5/h7-9,13,16,21-22,28-29,35-36H,10-12,14-15H2,1-6H3,(H,30,31,32). The van der Waals surface area contributed by atoms with Crippen molar-refractivity contribution in [3.8, 4) is 28.4 Å². The predicted octanol–water partition coefficient (Wildman–Crippen LogP) is 2.87. The van der Waals surface area contributed by atoms with Crippen LogP contribution in [0.5, 0.6) is 5.75 Å². The minimum absolute atomic E-state index is 0.127. The Bertz CT molecular complexity index is 1230. The molecule has 212 valence electrons. The molecule has 0 aliphatic carbocycles. The Morgan fingerprint density at radius 2 is 2.00 bits per heavy atom. The van der Waals surface area contributed by atoms with E-state index in [1.807, 2.05) is 49.9 Å². The lowest BCUT2D eigenvalue weighted by Crippen LogP contribution is -2.50. The van der Waals surface area contributed by atoms with Crippen LogP contribution in [0.1, 0.15) is 36.8 Å². The van der Waals surface area contributed by atoms with Crippen LogP contribution in [0.15, 0.2) is 28.8 Å². The van der Waals surface area contributed by atoms with Crippen LogP contribution in [0.25, 0.3) is 22.6 Å². The van der Waals surface area contributed by atoms with Crippen molar-refractivity contribution in [3.63, 3.8) is 0 Å². The molecule has 11 nitrogen and oxygen atoms in total. The molecule has 11 heteroatoms. The van der Waals surface area contributed by atoms with Crippen molar-refractivity contribution in [1.82, 2.24) is 25.3 Å². The van der Waals surface area contributed by atoms with E-state index in [4.69, 9.17) is 24.0 Å². The lowest BCUT2D eigenvalue weighted by Gasteiger charge is -2.39. The molecule has 1 aromatic carbocycles. The lowest BCUT2D eigenvalue weighted by atomic mass is 9.98. The summed E-state index contributed by atoms with van der Waals surface area (Å²) in [6, 6.07) is 7.84. The normalized spacial score (nSPS) is 19.6. The van der Waals surface area contributed by atoms with Crippen molar-refractivity contribution < 1.29 is 24.2 Å². The minimum Gasteiger partial charge on any atom is -0.491 e. The highest BCUT2D eigenvalue weighted by Crippen LogP contribution is 2.34. The number of aliphatic hydroxyl groups is 2. The summed E-state index contributed by atoms with van der Waals surface area (Å²) in [4.78, 5) is 11.9. The highest BCUT2D eigenvalue weighted by molar-refractivity contribution is 5.74. The van der Waals surface area contributed by atoms with Gasteiger partial charge in [0.1, 0.15) is 30.0 Å². The van der Waals surface area contributed by atoms with E-state index >= 15 is 0 Å². The van der Waals surface area contributed by atoms with Crippen LogP contribution in [-0.4, -0.2) is 88.7 Å². The van der Waals surface area contributed by atoms with Gasteiger partial charge in [0.05, 0.1) is 17.0 Å². The third-order valence-corrected chi connectivity index (χ3v) is 7.15. The van der Waals surface area contributed by atoms with Gasteiger partial charge >= 0.3 is 0 Å². The van der Waals surface area contributed by atoms with Crippen LogP contribution in [0.2, 0.25) is 0 Å². The number of methoxy groups -OCH3 is 1. The number of likely N-dealkylation sites (N-methyl/N-ethyl adjacent to an activating group) is 1. The zero-order chi connectivity index (χ0) is 28.1. The van der Waals surface area contributed by atoms with Crippen LogP contribution in [0.3, 0.4) is 0 Å². The predicted molar refractivity (Wildman–Crippen MR) is 148 cm³/mol. The first kappa shape index (κ1) is 28.9. The van der Waals surface area contributed by atoms with Gasteiger partial charge in [-0.3, -0.25) is 4.90 Å². The third kappa shape index (κ3) is 6.74. The molecule has 4 N–H and O–H groups in total. The first-order chi connectivity index (χ1) is 18.7. The number of aryl methyl sites for hydroxylation is 2. The number of hydrogen-bond donors (Lipinski definition) is 4. The van der Waals surface area contributed by atoms with E-state index in [0.717, 1.165) is 46.7 Å². The second-order valence-corrected chi connectivity index (χ2v) is 10.1. The fraction of sp³-hybridized carbons (Fsp3) is 0.536. The highest BCUT2D eigenvalue weighted by atomic mass is 16.6. The molecule has 4 atom stereocenters. The van der Waals surface area contributed by atoms with Crippen LogP contribution in [-0.2, 0) is 4.74 Å². The number of aliphatic hydroxyl groups excluding tert-OH is 2. The van der Waals surface area contributed by atoms with E-state index in [9.17, 15) is 10.2 Å². The number of rotatable bonds is 11. The Balaban J connectivity index is 1.67. The van der Waals surface area contributed by atoms with Gasteiger partial charge in [0.15, 0.2) is 5.82 Å². The molecule has 1 fully saturated rings. The van der Waals surface area contributed by atoms with E-state index in [-0.39, 0.29) is 18.7 Å². The van der Waals surface area contributed by atoms with E-state index in [1.165, 1.54) is 7.11 Å². The first-order valence-electron chi connectivity index (χ1n) is 13.3. The summed E-state index contributed by atoms with van der Waals surface area (Å²) in [5.74, 6) is 2.60. The number of nitrogens with zero attached hydrogens (tertiary/aromatic N) is 4. The van der Waals surface area contributed by atoms with Crippen molar-refractivity contribution in [2.24, 2.45) is 0 Å². The maximum Gasteiger partial charge on any atom is 0.216 e. The molecule has 4 rings (SSSR count). The SMILES string of the molecule is CNCC(O)COc1cccc(-c2nc(NC3CCN(C(O)OC)C(C)C3)c(C)c(-c3c(C)noc3C)n2)c1. The summed E-state index contributed by atoms with van der Waals surface area (Å²) >= 11 is 0. The number of likely N-dealkylation sites (tertiary alicyclic amines) is 1. The summed E-state index contributed by atoms with van der Waals surface area (Å²) in [7, 11) is 3.29. The van der Waals surface area contributed by atoms with Gasteiger partial charge in [0.25, 0.3) is 0 Å². The molecule has 1 saturated heterocycles. The number of ether oxygens (including phenoxy) is 2. The Labute approximate surface area is 229 Å². The molecule has 3 heterocycles. The third-order valence-electron chi connectivity index (χ3n) is 7.15. The van der Waals surface area contributed by atoms with Crippen LogP contribution >= 0.6 is 0 Å². The Kier molecular flexibility index (Phi) is 9.52. The van der Waals surface area contributed by atoms with E-state index in [0.29, 0.717) is 30.4 Å². The molecule has 3 aromatic rings. The molecule has 1 aliphatic heterocycles. The van der Waals surface area contributed by atoms with Gasteiger partial charge in [-0.2, -0.15) is 0 Å². The number of aromatic nitrogens is 3.